The number of hydrogen-bond acceptors (Lipinski definition) is 4. The van der Waals surface area contributed by atoms with E-state index in [1.807, 2.05) is 0 Å². The molecule has 0 saturated heterocycles. The summed E-state index contributed by atoms with van der Waals surface area (Å²) in [4.78, 5) is 36.2. The molecule has 3 fully saturated rings. The molecule has 0 aromatic rings. The summed E-state index contributed by atoms with van der Waals surface area (Å²) in [6, 6.07) is 0. The van der Waals surface area contributed by atoms with E-state index in [1.54, 1.807) is 6.08 Å². The lowest BCUT2D eigenvalue weighted by atomic mass is 9.47. The fraction of sp³-hybridized carbons (Fsp3) is 0.762. The molecule has 0 spiro atoms. The van der Waals surface area contributed by atoms with Gasteiger partial charge in [-0.2, -0.15) is 0 Å². The fourth-order valence-electron chi connectivity index (χ4n) is 6.67. The second-order valence-electron chi connectivity index (χ2n) is 9.13. The Kier molecular flexibility index (Phi) is 3.75. The first-order valence-corrected chi connectivity index (χ1v) is 9.71. The Morgan fingerprint density at radius 2 is 1.80 bits per heavy atom. The molecule has 0 bridgehead atoms. The Morgan fingerprint density at radius 1 is 1.08 bits per heavy atom. The predicted molar refractivity (Wildman–Crippen MR) is 92.7 cm³/mol. The number of allylic oxidation sites excluding steroid dienone is 1. The summed E-state index contributed by atoms with van der Waals surface area (Å²) in [5.41, 5.74) is 1.04. The van der Waals surface area contributed by atoms with E-state index >= 15 is 0 Å². The lowest BCUT2D eigenvalue weighted by Gasteiger charge is -2.57. The summed E-state index contributed by atoms with van der Waals surface area (Å²) in [5, 5.41) is 0. The molecule has 0 aromatic carbocycles. The lowest BCUT2D eigenvalue weighted by Crippen LogP contribution is -2.52. The van der Waals surface area contributed by atoms with Crippen molar-refractivity contribution in [2.75, 3.05) is 0 Å². The Balaban J connectivity index is 1.66. The van der Waals surface area contributed by atoms with Crippen molar-refractivity contribution in [3.8, 4) is 0 Å². The number of carbonyl (C=O) groups excluding carboxylic acids is 3. The minimum Gasteiger partial charge on any atom is -0.454 e. The number of Topliss-reactive ketones (excluding diaryl/α,β-unsaturated/α-hetero) is 1. The second-order valence-corrected chi connectivity index (χ2v) is 9.13. The van der Waals surface area contributed by atoms with E-state index < -0.39 is 6.10 Å². The molecular weight excluding hydrogens is 316 g/mol. The Bertz CT molecular complexity index is 677. The monoisotopic (exact) mass is 344 g/mol. The summed E-state index contributed by atoms with van der Waals surface area (Å²) in [6.07, 6.45) is 7.53. The molecule has 0 heterocycles. The molecule has 0 amide bonds. The number of rotatable bonds is 1. The first kappa shape index (κ1) is 17.0. The van der Waals surface area contributed by atoms with Gasteiger partial charge in [0.25, 0.3) is 0 Å². The maximum Gasteiger partial charge on any atom is 0.303 e. The molecule has 0 radical (unpaired) electrons. The van der Waals surface area contributed by atoms with E-state index in [-0.39, 0.29) is 22.6 Å². The average molecular weight is 344 g/mol. The molecule has 25 heavy (non-hydrogen) atoms. The largest absolute Gasteiger partial charge is 0.454 e. The third-order valence-corrected chi connectivity index (χ3v) is 8.00. The number of carbonyl (C=O) groups is 3. The van der Waals surface area contributed by atoms with Gasteiger partial charge in [0, 0.05) is 25.2 Å². The van der Waals surface area contributed by atoms with Crippen LogP contribution in [0.3, 0.4) is 0 Å². The molecule has 4 heteroatoms. The zero-order valence-corrected chi connectivity index (χ0v) is 15.5. The van der Waals surface area contributed by atoms with Gasteiger partial charge in [-0.25, -0.2) is 0 Å². The third kappa shape index (κ3) is 2.36. The molecule has 6 atom stereocenters. The number of ketones is 2. The van der Waals surface area contributed by atoms with E-state index in [2.05, 4.69) is 13.8 Å². The summed E-state index contributed by atoms with van der Waals surface area (Å²) < 4.78 is 5.33. The smallest absolute Gasteiger partial charge is 0.303 e. The maximum absolute atomic E-state index is 12.5. The molecule has 0 N–H and O–H groups in total. The minimum absolute atomic E-state index is 0.0576. The molecular formula is C21H28O4. The van der Waals surface area contributed by atoms with Crippen molar-refractivity contribution in [3.63, 3.8) is 0 Å². The van der Waals surface area contributed by atoms with Crippen LogP contribution >= 0.6 is 0 Å². The quantitative estimate of drug-likeness (QED) is 0.682. The van der Waals surface area contributed by atoms with Gasteiger partial charge in [0.1, 0.15) is 5.78 Å². The van der Waals surface area contributed by atoms with Gasteiger partial charge in [-0.05, 0) is 61.3 Å². The van der Waals surface area contributed by atoms with Crippen molar-refractivity contribution in [3.05, 3.63) is 11.6 Å². The van der Waals surface area contributed by atoms with E-state index in [0.717, 1.165) is 38.5 Å². The van der Waals surface area contributed by atoms with Crippen LogP contribution in [0.2, 0.25) is 0 Å². The second kappa shape index (κ2) is 5.52. The molecule has 136 valence electrons. The molecule has 0 aromatic heterocycles. The topological polar surface area (TPSA) is 60.4 Å². The van der Waals surface area contributed by atoms with Gasteiger partial charge >= 0.3 is 5.97 Å². The van der Waals surface area contributed by atoms with Gasteiger partial charge in [0.2, 0.25) is 0 Å². The van der Waals surface area contributed by atoms with Crippen molar-refractivity contribution in [1.29, 1.82) is 0 Å². The van der Waals surface area contributed by atoms with Crippen LogP contribution in [0, 0.1) is 28.6 Å². The van der Waals surface area contributed by atoms with Crippen molar-refractivity contribution in [1.82, 2.24) is 0 Å². The Labute approximate surface area is 149 Å². The van der Waals surface area contributed by atoms with Gasteiger partial charge in [0.15, 0.2) is 11.9 Å². The SMILES string of the molecule is CC(=O)O[C@@H]1C[C@]2(C)C(=CC1=O)CC[C@H]1[C@H]2CC[C@]2(C)C(=O)CC[C@@H]12. The Morgan fingerprint density at radius 3 is 2.52 bits per heavy atom. The first-order chi connectivity index (χ1) is 11.8. The molecule has 3 saturated carbocycles. The molecule has 4 rings (SSSR count). The molecule has 4 aliphatic rings. The van der Waals surface area contributed by atoms with Gasteiger partial charge < -0.3 is 4.74 Å². The van der Waals surface area contributed by atoms with Gasteiger partial charge in [-0.15, -0.1) is 0 Å². The summed E-state index contributed by atoms with van der Waals surface area (Å²) in [5.74, 6) is 1.55. The van der Waals surface area contributed by atoms with Crippen LogP contribution in [0.25, 0.3) is 0 Å². The molecule has 0 unspecified atom stereocenters. The van der Waals surface area contributed by atoms with Crippen LogP contribution in [-0.2, 0) is 19.1 Å². The zero-order chi connectivity index (χ0) is 18.0. The van der Waals surface area contributed by atoms with E-state index in [1.165, 1.54) is 12.5 Å². The van der Waals surface area contributed by atoms with Crippen molar-refractivity contribution < 1.29 is 19.1 Å². The number of hydrogen-bond donors (Lipinski definition) is 0. The van der Waals surface area contributed by atoms with E-state index in [4.69, 9.17) is 4.74 Å². The van der Waals surface area contributed by atoms with Gasteiger partial charge in [-0.1, -0.05) is 19.4 Å². The summed E-state index contributed by atoms with van der Waals surface area (Å²) in [7, 11) is 0. The predicted octanol–water partition coefficient (Wildman–Crippen LogP) is 3.63. The molecule has 4 nitrogen and oxygen atoms in total. The maximum atomic E-state index is 12.5. The van der Waals surface area contributed by atoms with Gasteiger partial charge in [0.05, 0.1) is 0 Å². The van der Waals surface area contributed by atoms with Crippen LogP contribution in [0.15, 0.2) is 11.6 Å². The van der Waals surface area contributed by atoms with Gasteiger partial charge in [-0.3, -0.25) is 14.4 Å². The van der Waals surface area contributed by atoms with Crippen molar-refractivity contribution >= 4 is 17.5 Å². The fourth-order valence-corrected chi connectivity index (χ4v) is 6.67. The zero-order valence-electron chi connectivity index (χ0n) is 15.5. The van der Waals surface area contributed by atoms with E-state index in [9.17, 15) is 14.4 Å². The third-order valence-electron chi connectivity index (χ3n) is 8.00. The summed E-state index contributed by atoms with van der Waals surface area (Å²) >= 11 is 0. The molecule has 0 aliphatic heterocycles. The van der Waals surface area contributed by atoms with E-state index in [0.29, 0.717) is 30.0 Å². The number of esters is 1. The lowest BCUT2D eigenvalue weighted by molar-refractivity contribution is -0.156. The average Bonchev–Trinajstić information content (AvgIpc) is 2.84. The highest BCUT2D eigenvalue weighted by molar-refractivity contribution is 5.96. The standard InChI is InChI=1S/C21H28O4/c1-12(22)25-18-11-21(3)13(10-17(18)23)4-5-14-15-6-7-19(24)20(15,2)9-8-16(14)21/h10,14-16,18H,4-9,11H2,1-3H3/t14-,15+,16-,18-,20+,21-/m1/s1. The Hall–Kier alpha value is -1.45. The minimum atomic E-state index is -0.636. The van der Waals surface area contributed by atoms with Crippen LogP contribution in [0.1, 0.15) is 65.7 Å². The highest BCUT2D eigenvalue weighted by Gasteiger charge is 2.59. The number of fused-ring (bicyclic) bond motifs is 5. The van der Waals surface area contributed by atoms with Crippen LogP contribution < -0.4 is 0 Å². The highest BCUT2D eigenvalue weighted by Crippen LogP contribution is 2.64. The van der Waals surface area contributed by atoms with Crippen LogP contribution in [0.4, 0.5) is 0 Å². The van der Waals surface area contributed by atoms with Crippen LogP contribution in [-0.4, -0.2) is 23.6 Å². The number of ether oxygens (including phenoxy) is 1. The molecule has 4 aliphatic carbocycles. The summed E-state index contributed by atoms with van der Waals surface area (Å²) in [6.45, 7) is 5.82. The van der Waals surface area contributed by atoms with Crippen molar-refractivity contribution in [2.24, 2.45) is 28.6 Å². The highest BCUT2D eigenvalue weighted by atomic mass is 16.5. The van der Waals surface area contributed by atoms with Crippen molar-refractivity contribution in [2.45, 2.75) is 71.8 Å². The normalized spacial score (nSPS) is 46.0. The first-order valence-electron chi connectivity index (χ1n) is 9.71. The van der Waals surface area contributed by atoms with Crippen LogP contribution in [0.5, 0.6) is 0 Å².